The molecule has 4 rings (SSSR count). The molecule has 2 heterocycles. The third-order valence-electron chi connectivity index (χ3n) is 4.45. The number of rotatable bonds is 5. The Balaban J connectivity index is 1.48. The minimum atomic E-state index is -0.464. The molecule has 3 aromatic rings. The second-order valence-electron chi connectivity index (χ2n) is 6.59. The summed E-state index contributed by atoms with van der Waals surface area (Å²) >= 11 is 0. The first-order valence-corrected chi connectivity index (χ1v) is 8.75. The molecule has 1 saturated carbocycles. The van der Waals surface area contributed by atoms with Crippen molar-refractivity contribution in [2.45, 2.75) is 31.7 Å². The quantitative estimate of drug-likeness (QED) is 0.749. The molecule has 7 nitrogen and oxygen atoms in total. The molecule has 0 bridgehead atoms. The average Bonchev–Trinajstić information content (AvgIpc) is 3.44. The van der Waals surface area contributed by atoms with Crippen LogP contribution in [0, 0.1) is 11.3 Å². The molecule has 0 saturated heterocycles. The smallest absolute Gasteiger partial charge is 0.251 e. The summed E-state index contributed by atoms with van der Waals surface area (Å²) in [5.41, 5.74) is 2.74. The summed E-state index contributed by atoms with van der Waals surface area (Å²) in [6.07, 6.45) is 4.10. The highest BCUT2D eigenvalue weighted by atomic mass is 16.5. The van der Waals surface area contributed by atoms with Crippen LogP contribution in [0.15, 0.2) is 47.1 Å². The molecule has 1 fully saturated rings. The van der Waals surface area contributed by atoms with Gasteiger partial charge < -0.3 is 9.84 Å². The number of carbonyl (C=O) groups is 1. The summed E-state index contributed by atoms with van der Waals surface area (Å²) in [5.74, 6) is 1.03. The van der Waals surface area contributed by atoms with E-state index in [1.54, 1.807) is 31.3 Å². The highest BCUT2D eigenvalue weighted by Crippen LogP contribution is 2.39. The number of nitrogens with one attached hydrogen (secondary N) is 1. The van der Waals surface area contributed by atoms with E-state index in [9.17, 15) is 4.79 Å². The molecule has 27 heavy (non-hydrogen) atoms. The summed E-state index contributed by atoms with van der Waals surface area (Å²) in [7, 11) is 0. The van der Waals surface area contributed by atoms with Crippen molar-refractivity contribution < 1.29 is 9.32 Å². The Kier molecular flexibility index (Phi) is 4.38. The fourth-order valence-electron chi connectivity index (χ4n) is 2.79. The van der Waals surface area contributed by atoms with Crippen LogP contribution in [-0.2, 0) is 0 Å². The lowest BCUT2D eigenvalue weighted by molar-refractivity contribution is 0.0932. The van der Waals surface area contributed by atoms with Crippen molar-refractivity contribution in [3.05, 3.63) is 65.3 Å². The van der Waals surface area contributed by atoms with Crippen molar-refractivity contribution in [1.82, 2.24) is 20.4 Å². The van der Waals surface area contributed by atoms with E-state index < -0.39 is 6.04 Å². The van der Waals surface area contributed by atoms with Gasteiger partial charge in [0, 0.05) is 28.9 Å². The molecule has 1 aromatic carbocycles. The van der Waals surface area contributed by atoms with Gasteiger partial charge in [-0.15, -0.1) is 0 Å². The zero-order valence-electron chi connectivity index (χ0n) is 14.7. The van der Waals surface area contributed by atoms with E-state index >= 15 is 0 Å². The first-order valence-electron chi connectivity index (χ1n) is 8.75. The van der Waals surface area contributed by atoms with Crippen molar-refractivity contribution in [2.24, 2.45) is 0 Å². The molecule has 1 aliphatic carbocycles. The number of pyridine rings is 1. The van der Waals surface area contributed by atoms with Gasteiger partial charge in [-0.1, -0.05) is 11.2 Å². The van der Waals surface area contributed by atoms with E-state index in [1.165, 1.54) is 18.9 Å². The Morgan fingerprint density at radius 2 is 2.19 bits per heavy atom. The number of hydrogen-bond donors (Lipinski definition) is 1. The van der Waals surface area contributed by atoms with Crippen molar-refractivity contribution in [1.29, 1.82) is 5.26 Å². The predicted octanol–water partition coefficient (Wildman–Crippen LogP) is 3.37. The molecule has 0 unspecified atom stereocenters. The molecule has 1 atom stereocenters. The number of hydrogen-bond acceptors (Lipinski definition) is 6. The van der Waals surface area contributed by atoms with Crippen molar-refractivity contribution >= 4 is 5.91 Å². The monoisotopic (exact) mass is 359 g/mol. The highest BCUT2D eigenvalue weighted by Gasteiger charge is 2.25. The topological polar surface area (TPSA) is 105 Å². The first-order chi connectivity index (χ1) is 13.1. The van der Waals surface area contributed by atoms with E-state index in [1.807, 2.05) is 18.2 Å². The molecule has 0 radical (unpaired) electrons. The summed E-state index contributed by atoms with van der Waals surface area (Å²) in [6, 6.07) is 11.9. The molecule has 0 spiro atoms. The van der Waals surface area contributed by atoms with Crippen LogP contribution in [0.5, 0.6) is 0 Å². The number of aromatic nitrogens is 3. The van der Waals surface area contributed by atoms with E-state index in [-0.39, 0.29) is 5.91 Å². The standard InChI is InChI=1S/C20H17N5O2/c1-12(23-19(26)16-4-2-3-13(9-16)11-21)20-24-18(25-27-20)15-7-8-22-17(10-15)14-5-6-14/h2-4,7-10,12,14H,5-6H2,1H3,(H,23,26)/t12-/m0/s1. The van der Waals surface area contributed by atoms with E-state index in [0.717, 1.165) is 11.3 Å². The van der Waals surface area contributed by atoms with Gasteiger partial charge in [-0.25, -0.2) is 0 Å². The van der Waals surface area contributed by atoms with Gasteiger partial charge in [0.1, 0.15) is 6.04 Å². The lowest BCUT2D eigenvalue weighted by Gasteiger charge is -2.09. The largest absolute Gasteiger partial charge is 0.341 e. The van der Waals surface area contributed by atoms with Crippen molar-refractivity contribution in [3.8, 4) is 17.5 Å². The Morgan fingerprint density at radius 1 is 1.33 bits per heavy atom. The van der Waals surface area contributed by atoms with Crippen molar-refractivity contribution in [2.75, 3.05) is 0 Å². The van der Waals surface area contributed by atoms with Crippen LogP contribution in [0.3, 0.4) is 0 Å². The first kappa shape index (κ1) is 16.9. The fourth-order valence-corrected chi connectivity index (χ4v) is 2.79. The van der Waals surface area contributed by atoms with E-state index in [2.05, 4.69) is 20.4 Å². The zero-order valence-corrected chi connectivity index (χ0v) is 14.7. The van der Waals surface area contributed by atoms with Gasteiger partial charge in [-0.05, 0) is 50.1 Å². The third kappa shape index (κ3) is 3.70. The molecule has 1 aliphatic rings. The van der Waals surface area contributed by atoms with Gasteiger partial charge >= 0.3 is 0 Å². The molecular formula is C20H17N5O2. The van der Waals surface area contributed by atoms with Crippen LogP contribution in [0.1, 0.15) is 59.2 Å². The van der Waals surface area contributed by atoms with Gasteiger partial charge in [0.2, 0.25) is 11.7 Å². The zero-order chi connectivity index (χ0) is 18.8. The number of nitriles is 1. The van der Waals surface area contributed by atoms with Crippen LogP contribution >= 0.6 is 0 Å². The van der Waals surface area contributed by atoms with E-state index in [0.29, 0.717) is 28.8 Å². The summed E-state index contributed by atoms with van der Waals surface area (Å²) in [5, 5.41) is 15.8. The van der Waals surface area contributed by atoms with Crippen LogP contribution < -0.4 is 5.32 Å². The minimum Gasteiger partial charge on any atom is -0.341 e. The number of nitrogens with zero attached hydrogens (tertiary/aromatic N) is 4. The summed E-state index contributed by atoms with van der Waals surface area (Å²) in [4.78, 5) is 21.2. The van der Waals surface area contributed by atoms with Crippen LogP contribution in [0.4, 0.5) is 0 Å². The van der Waals surface area contributed by atoms with Crippen LogP contribution in [-0.4, -0.2) is 21.0 Å². The van der Waals surface area contributed by atoms with Gasteiger partial charge in [0.25, 0.3) is 5.91 Å². The Bertz CT molecular complexity index is 1030. The van der Waals surface area contributed by atoms with Gasteiger partial charge in [0.15, 0.2) is 0 Å². The minimum absolute atomic E-state index is 0.306. The number of benzene rings is 1. The molecular weight excluding hydrogens is 342 g/mol. The Morgan fingerprint density at radius 3 is 2.96 bits per heavy atom. The Labute approximate surface area is 156 Å². The lowest BCUT2D eigenvalue weighted by Crippen LogP contribution is -2.26. The third-order valence-corrected chi connectivity index (χ3v) is 4.45. The van der Waals surface area contributed by atoms with Gasteiger partial charge in [-0.2, -0.15) is 10.2 Å². The van der Waals surface area contributed by atoms with Crippen LogP contribution in [0.2, 0.25) is 0 Å². The maximum Gasteiger partial charge on any atom is 0.251 e. The highest BCUT2D eigenvalue weighted by molar-refractivity contribution is 5.94. The normalized spacial score (nSPS) is 14.4. The van der Waals surface area contributed by atoms with Crippen LogP contribution in [0.25, 0.3) is 11.4 Å². The Hall–Kier alpha value is -3.53. The second kappa shape index (κ2) is 7.00. The van der Waals surface area contributed by atoms with Gasteiger partial charge in [-0.3, -0.25) is 9.78 Å². The molecule has 7 heteroatoms. The SMILES string of the molecule is C[C@H](NC(=O)c1cccc(C#N)c1)c1nc(-c2ccnc(C3CC3)c2)no1. The maximum absolute atomic E-state index is 12.4. The molecule has 134 valence electrons. The average molecular weight is 359 g/mol. The van der Waals surface area contributed by atoms with E-state index in [4.69, 9.17) is 9.78 Å². The second-order valence-corrected chi connectivity index (χ2v) is 6.59. The molecule has 2 aromatic heterocycles. The predicted molar refractivity (Wildman–Crippen MR) is 96.5 cm³/mol. The molecule has 0 aliphatic heterocycles. The number of carbonyl (C=O) groups excluding carboxylic acids is 1. The molecule has 1 N–H and O–H groups in total. The lowest BCUT2D eigenvalue weighted by atomic mass is 10.1. The van der Waals surface area contributed by atoms with Gasteiger partial charge in [0.05, 0.1) is 11.6 Å². The maximum atomic E-state index is 12.4. The summed E-state index contributed by atoms with van der Waals surface area (Å²) < 4.78 is 5.33. The molecule has 1 amide bonds. The number of amides is 1. The summed E-state index contributed by atoms with van der Waals surface area (Å²) in [6.45, 7) is 1.77. The van der Waals surface area contributed by atoms with Crippen molar-refractivity contribution in [3.63, 3.8) is 0 Å². The fraction of sp³-hybridized carbons (Fsp3) is 0.250.